The minimum absolute atomic E-state index is 0.507. The predicted molar refractivity (Wildman–Crippen MR) is 61.2 cm³/mol. The molecule has 1 aromatic heterocycles. The number of hydrogen-bond donors (Lipinski definition) is 0. The molecule has 0 saturated carbocycles. The Morgan fingerprint density at radius 2 is 1.79 bits per heavy atom. The lowest BCUT2D eigenvalue weighted by Gasteiger charge is -2.07. The highest BCUT2D eigenvalue weighted by molar-refractivity contribution is 9.08. The Kier molecular flexibility index (Phi) is 5.05. The molecule has 0 fully saturated rings. The summed E-state index contributed by atoms with van der Waals surface area (Å²) in [6.07, 6.45) is 2.79. The van der Waals surface area contributed by atoms with Crippen LogP contribution in [0.2, 0.25) is 0 Å². The molecule has 5 heteroatoms. The molecule has 0 aromatic carbocycles. The van der Waals surface area contributed by atoms with E-state index in [4.69, 9.17) is 5.26 Å². The standard InChI is InChI=1S/C9H9Br2N3/c10-4-8-7(2-1-3-12)9(5-11)14-6-13-8/h6H,1-2,4-5H2. The lowest BCUT2D eigenvalue weighted by molar-refractivity contribution is 0.905. The van der Waals surface area contributed by atoms with Gasteiger partial charge in [-0.2, -0.15) is 5.26 Å². The van der Waals surface area contributed by atoms with Gasteiger partial charge in [0.2, 0.25) is 0 Å². The van der Waals surface area contributed by atoms with Crippen molar-refractivity contribution in [2.75, 3.05) is 0 Å². The van der Waals surface area contributed by atoms with E-state index in [0.717, 1.165) is 23.4 Å². The molecule has 14 heavy (non-hydrogen) atoms. The Bertz CT molecular complexity index is 324. The van der Waals surface area contributed by atoms with Crippen LogP contribution >= 0.6 is 31.9 Å². The van der Waals surface area contributed by atoms with E-state index in [2.05, 4.69) is 47.9 Å². The Morgan fingerprint density at radius 1 is 1.21 bits per heavy atom. The van der Waals surface area contributed by atoms with Crippen LogP contribution in [-0.4, -0.2) is 9.97 Å². The molecule has 0 N–H and O–H groups in total. The summed E-state index contributed by atoms with van der Waals surface area (Å²) in [4.78, 5) is 8.34. The number of nitrogens with zero attached hydrogens (tertiary/aromatic N) is 3. The third kappa shape index (κ3) is 2.76. The summed E-state index contributed by atoms with van der Waals surface area (Å²) < 4.78 is 0. The number of hydrogen-bond acceptors (Lipinski definition) is 3. The third-order valence-electron chi connectivity index (χ3n) is 1.86. The minimum atomic E-state index is 0.507. The molecule has 0 saturated heterocycles. The van der Waals surface area contributed by atoms with Crippen molar-refractivity contribution in [1.29, 1.82) is 5.26 Å². The van der Waals surface area contributed by atoms with Crippen LogP contribution in [0.1, 0.15) is 23.4 Å². The molecule has 0 aliphatic carbocycles. The maximum atomic E-state index is 8.54. The Labute approximate surface area is 99.8 Å². The van der Waals surface area contributed by atoms with Gasteiger partial charge in [0.05, 0.1) is 17.5 Å². The van der Waals surface area contributed by atoms with E-state index >= 15 is 0 Å². The number of alkyl halides is 2. The van der Waals surface area contributed by atoms with Gasteiger partial charge in [-0.15, -0.1) is 0 Å². The number of aromatic nitrogens is 2. The highest BCUT2D eigenvalue weighted by Crippen LogP contribution is 2.17. The SMILES string of the molecule is N#CCCc1c(CBr)ncnc1CBr. The van der Waals surface area contributed by atoms with E-state index in [1.54, 1.807) is 6.33 Å². The summed E-state index contributed by atoms with van der Waals surface area (Å²) in [7, 11) is 0. The van der Waals surface area contributed by atoms with Gasteiger partial charge in [-0.05, 0) is 12.0 Å². The molecule has 0 unspecified atom stereocenters. The van der Waals surface area contributed by atoms with Gasteiger partial charge in [-0.25, -0.2) is 9.97 Å². The van der Waals surface area contributed by atoms with E-state index in [0.29, 0.717) is 17.1 Å². The molecule has 1 aromatic rings. The van der Waals surface area contributed by atoms with Crippen LogP contribution in [0.15, 0.2) is 6.33 Å². The van der Waals surface area contributed by atoms with Crippen molar-refractivity contribution < 1.29 is 0 Å². The molecule has 0 aliphatic rings. The van der Waals surface area contributed by atoms with Crippen molar-refractivity contribution >= 4 is 31.9 Å². The predicted octanol–water partition coefficient (Wildman–Crippen LogP) is 2.72. The summed E-state index contributed by atoms with van der Waals surface area (Å²) in [5.74, 6) is 0. The van der Waals surface area contributed by atoms with Crippen LogP contribution in [0.3, 0.4) is 0 Å². The van der Waals surface area contributed by atoms with Crippen molar-refractivity contribution in [1.82, 2.24) is 9.97 Å². The third-order valence-corrected chi connectivity index (χ3v) is 2.93. The molecule has 0 amide bonds. The topological polar surface area (TPSA) is 49.6 Å². The fourth-order valence-corrected chi connectivity index (χ4v) is 2.16. The van der Waals surface area contributed by atoms with E-state index in [-0.39, 0.29) is 0 Å². The first-order valence-corrected chi connectivity index (χ1v) is 6.38. The van der Waals surface area contributed by atoms with Gasteiger partial charge >= 0.3 is 0 Å². The summed E-state index contributed by atoms with van der Waals surface area (Å²) >= 11 is 6.75. The number of halogens is 2. The summed E-state index contributed by atoms with van der Waals surface area (Å²) in [6.45, 7) is 0. The van der Waals surface area contributed by atoms with Gasteiger partial charge in [0, 0.05) is 17.1 Å². The van der Waals surface area contributed by atoms with Gasteiger partial charge in [-0.1, -0.05) is 31.9 Å². The maximum Gasteiger partial charge on any atom is 0.116 e. The van der Waals surface area contributed by atoms with Crippen LogP contribution in [0.4, 0.5) is 0 Å². The van der Waals surface area contributed by atoms with Crippen molar-refractivity contribution in [2.24, 2.45) is 0 Å². The van der Waals surface area contributed by atoms with Gasteiger partial charge in [0.25, 0.3) is 0 Å². The summed E-state index contributed by atoms with van der Waals surface area (Å²) in [5.41, 5.74) is 3.04. The second-order valence-electron chi connectivity index (χ2n) is 2.67. The molecule has 0 spiro atoms. The van der Waals surface area contributed by atoms with Crippen molar-refractivity contribution in [3.63, 3.8) is 0 Å². The molecule has 0 aliphatic heterocycles. The van der Waals surface area contributed by atoms with E-state index in [1.165, 1.54) is 0 Å². The van der Waals surface area contributed by atoms with Gasteiger partial charge < -0.3 is 0 Å². The van der Waals surface area contributed by atoms with Crippen LogP contribution in [0, 0.1) is 11.3 Å². The molecule has 0 atom stereocenters. The molecule has 0 radical (unpaired) electrons. The average Bonchev–Trinajstić information content (AvgIpc) is 2.25. The van der Waals surface area contributed by atoms with E-state index in [9.17, 15) is 0 Å². The molecular weight excluding hydrogens is 310 g/mol. The maximum absolute atomic E-state index is 8.54. The van der Waals surface area contributed by atoms with E-state index < -0.39 is 0 Å². The highest BCUT2D eigenvalue weighted by Gasteiger charge is 2.08. The fraction of sp³-hybridized carbons (Fsp3) is 0.444. The fourth-order valence-electron chi connectivity index (χ4n) is 1.19. The monoisotopic (exact) mass is 317 g/mol. The molecule has 1 rings (SSSR count). The van der Waals surface area contributed by atoms with Gasteiger partial charge in [0.15, 0.2) is 0 Å². The lowest BCUT2D eigenvalue weighted by atomic mass is 10.1. The normalized spacial score (nSPS) is 9.79. The molecule has 0 bridgehead atoms. The van der Waals surface area contributed by atoms with E-state index in [1.807, 2.05) is 0 Å². The number of rotatable bonds is 4. The number of nitriles is 1. The first kappa shape index (κ1) is 11.6. The summed E-state index contributed by atoms with van der Waals surface area (Å²) in [6, 6.07) is 2.13. The molecule has 74 valence electrons. The first-order valence-electron chi connectivity index (χ1n) is 4.14. The first-order chi connectivity index (χ1) is 6.83. The Hall–Kier alpha value is -0.470. The van der Waals surface area contributed by atoms with Gasteiger partial charge in [-0.3, -0.25) is 0 Å². The van der Waals surface area contributed by atoms with Crippen molar-refractivity contribution in [3.05, 3.63) is 23.3 Å². The Balaban J connectivity index is 3.00. The average molecular weight is 319 g/mol. The zero-order valence-electron chi connectivity index (χ0n) is 7.50. The largest absolute Gasteiger partial charge is 0.240 e. The molecular formula is C9H9Br2N3. The second kappa shape index (κ2) is 6.10. The Morgan fingerprint density at radius 3 is 2.21 bits per heavy atom. The highest BCUT2D eigenvalue weighted by atomic mass is 79.9. The van der Waals surface area contributed by atoms with Crippen LogP contribution in [0.25, 0.3) is 0 Å². The van der Waals surface area contributed by atoms with Gasteiger partial charge in [0.1, 0.15) is 6.33 Å². The molecule has 1 heterocycles. The summed E-state index contributed by atoms with van der Waals surface area (Å²) in [5, 5.41) is 9.95. The molecule has 3 nitrogen and oxygen atoms in total. The minimum Gasteiger partial charge on any atom is -0.240 e. The van der Waals surface area contributed by atoms with Crippen LogP contribution < -0.4 is 0 Å². The van der Waals surface area contributed by atoms with Crippen LogP contribution in [-0.2, 0) is 17.1 Å². The smallest absolute Gasteiger partial charge is 0.116 e. The van der Waals surface area contributed by atoms with Crippen molar-refractivity contribution in [2.45, 2.75) is 23.5 Å². The lowest BCUT2D eigenvalue weighted by Crippen LogP contribution is -2.02. The zero-order valence-corrected chi connectivity index (χ0v) is 10.7. The second-order valence-corrected chi connectivity index (χ2v) is 3.79. The van der Waals surface area contributed by atoms with Crippen LogP contribution in [0.5, 0.6) is 0 Å². The zero-order chi connectivity index (χ0) is 10.4. The quantitative estimate of drug-likeness (QED) is 0.802. The van der Waals surface area contributed by atoms with Crippen molar-refractivity contribution in [3.8, 4) is 6.07 Å².